The molecule has 0 aliphatic carbocycles. The van der Waals surface area contributed by atoms with Gasteiger partial charge in [0.05, 0.1) is 11.5 Å². The lowest BCUT2D eigenvalue weighted by Gasteiger charge is -2.19. The number of nitro groups is 1. The van der Waals surface area contributed by atoms with Gasteiger partial charge in [0.1, 0.15) is 0 Å². The minimum absolute atomic E-state index is 0.0419. The SMILES string of the molecule is O=[N+]([O-])c1ccc(COP(=O)(NCCBr)NCCBr)s1. The van der Waals surface area contributed by atoms with Crippen LogP contribution in [-0.4, -0.2) is 28.7 Å². The summed E-state index contributed by atoms with van der Waals surface area (Å²) in [7, 11) is -3.16. The van der Waals surface area contributed by atoms with E-state index in [2.05, 4.69) is 42.0 Å². The highest BCUT2D eigenvalue weighted by Gasteiger charge is 2.22. The molecule has 114 valence electrons. The van der Waals surface area contributed by atoms with Crippen molar-refractivity contribution in [1.82, 2.24) is 10.2 Å². The van der Waals surface area contributed by atoms with E-state index in [0.29, 0.717) is 28.6 Å². The number of halogens is 2. The maximum Gasteiger partial charge on any atom is 0.341 e. The van der Waals surface area contributed by atoms with E-state index in [4.69, 9.17) is 4.52 Å². The van der Waals surface area contributed by atoms with Gasteiger partial charge in [-0.1, -0.05) is 43.2 Å². The van der Waals surface area contributed by atoms with Gasteiger partial charge in [-0.3, -0.25) is 14.7 Å². The standard InChI is InChI=1S/C9H14Br2N3O4PS/c10-3-5-12-19(17,13-6-4-11)18-7-8-1-2-9(20-8)14(15)16/h1-2H,3-7H2,(H2,12,13,17). The minimum atomic E-state index is -3.16. The number of hydrogen-bond acceptors (Lipinski definition) is 5. The average molecular weight is 451 g/mol. The van der Waals surface area contributed by atoms with Crippen molar-refractivity contribution in [2.45, 2.75) is 6.61 Å². The Morgan fingerprint density at radius 1 is 1.30 bits per heavy atom. The van der Waals surface area contributed by atoms with Crippen LogP contribution in [0.5, 0.6) is 0 Å². The second-order valence-electron chi connectivity index (χ2n) is 3.52. The molecule has 1 aromatic heterocycles. The monoisotopic (exact) mass is 449 g/mol. The van der Waals surface area contributed by atoms with Gasteiger partial charge in [0.2, 0.25) is 0 Å². The van der Waals surface area contributed by atoms with Crippen LogP contribution < -0.4 is 10.2 Å². The lowest BCUT2D eigenvalue weighted by Crippen LogP contribution is -2.26. The van der Waals surface area contributed by atoms with E-state index in [9.17, 15) is 14.7 Å². The Morgan fingerprint density at radius 3 is 2.35 bits per heavy atom. The highest BCUT2D eigenvalue weighted by Crippen LogP contribution is 2.39. The number of hydrogen-bond donors (Lipinski definition) is 2. The van der Waals surface area contributed by atoms with Gasteiger partial charge in [-0.25, -0.2) is 10.2 Å². The van der Waals surface area contributed by atoms with E-state index < -0.39 is 12.6 Å². The molecule has 0 saturated heterocycles. The molecule has 1 aromatic rings. The molecule has 0 unspecified atom stereocenters. The molecular weight excluding hydrogens is 437 g/mol. The highest BCUT2D eigenvalue weighted by atomic mass is 79.9. The smallest absolute Gasteiger partial charge is 0.300 e. The lowest BCUT2D eigenvalue weighted by atomic mass is 10.5. The van der Waals surface area contributed by atoms with E-state index in [0.717, 1.165) is 11.3 Å². The van der Waals surface area contributed by atoms with Gasteiger partial charge < -0.3 is 4.52 Å². The number of rotatable bonds is 10. The first-order chi connectivity index (χ1) is 9.50. The quantitative estimate of drug-likeness (QED) is 0.246. The first-order valence-corrected chi connectivity index (χ1v) is 10.3. The highest BCUT2D eigenvalue weighted by molar-refractivity contribution is 9.09. The Kier molecular flexibility index (Phi) is 8.42. The maximum absolute atomic E-state index is 12.4. The number of thiophene rings is 1. The first-order valence-electron chi connectivity index (χ1n) is 5.60. The summed E-state index contributed by atoms with van der Waals surface area (Å²) in [6.07, 6.45) is 0. The third-order valence-electron chi connectivity index (χ3n) is 2.04. The molecule has 0 spiro atoms. The molecule has 11 heteroatoms. The summed E-state index contributed by atoms with van der Waals surface area (Å²) in [5.41, 5.74) is 0. The average Bonchev–Trinajstić information content (AvgIpc) is 2.90. The van der Waals surface area contributed by atoms with E-state index in [-0.39, 0.29) is 11.6 Å². The number of nitrogens with zero attached hydrogens (tertiary/aromatic N) is 1. The molecule has 0 bridgehead atoms. The Labute approximate surface area is 137 Å². The first kappa shape index (κ1) is 18.2. The van der Waals surface area contributed by atoms with Crippen LogP contribution in [0.25, 0.3) is 0 Å². The van der Waals surface area contributed by atoms with Crippen LogP contribution in [0.3, 0.4) is 0 Å². The summed E-state index contributed by atoms with van der Waals surface area (Å²) in [4.78, 5) is 10.8. The summed E-state index contributed by atoms with van der Waals surface area (Å²) in [5, 5.41) is 17.5. The van der Waals surface area contributed by atoms with Gasteiger partial charge in [-0.2, -0.15) is 0 Å². The van der Waals surface area contributed by atoms with Gasteiger partial charge in [-0.15, -0.1) is 0 Å². The Bertz CT molecular complexity index is 476. The van der Waals surface area contributed by atoms with E-state index in [1.807, 2.05) is 0 Å². The van der Waals surface area contributed by atoms with Crippen molar-refractivity contribution in [1.29, 1.82) is 0 Å². The van der Waals surface area contributed by atoms with E-state index in [1.54, 1.807) is 6.07 Å². The maximum atomic E-state index is 12.4. The fraction of sp³-hybridized carbons (Fsp3) is 0.556. The van der Waals surface area contributed by atoms with Crippen LogP contribution in [0, 0.1) is 10.1 Å². The zero-order valence-electron chi connectivity index (χ0n) is 10.4. The molecule has 20 heavy (non-hydrogen) atoms. The van der Waals surface area contributed by atoms with E-state index in [1.165, 1.54) is 6.07 Å². The molecule has 0 aliphatic heterocycles. The molecule has 0 fully saturated rings. The lowest BCUT2D eigenvalue weighted by molar-refractivity contribution is -0.380. The molecule has 0 saturated carbocycles. The van der Waals surface area contributed by atoms with Crippen LogP contribution in [0.4, 0.5) is 5.00 Å². The Morgan fingerprint density at radius 2 is 1.90 bits per heavy atom. The topological polar surface area (TPSA) is 93.5 Å². The molecule has 0 aliphatic rings. The summed E-state index contributed by atoms with van der Waals surface area (Å²) in [5.74, 6) is 0. The summed E-state index contributed by atoms with van der Waals surface area (Å²) in [6.45, 7) is 1.02. The predicted molar refractivity (Wildman–Crippen MR) is 87.0 cm³/mol. The van der Waals surface area contributed by atoms with Crippen molar-refractivity contribution in [3.8, 4) is 0 Å². The van der Waals surface area contributed by atoms with Crippen LogP contribution in [0.15, 0.2) is 12.1 Å². The fourth-order valence-electron chi connectivity index (χ4n) is 1.22. The summed E-state index contributed by atoms with van der Waals surface area (Å²) >= 11 is 7.48. The minimum Gasteiger partial charge on any atom is -0.300 e. The van der Waals surface area contributed by atoms with Crippen LogP contribution >= 0.6 is 50.9 Å². The van der Waals surface area contributed by atoms with Crippen molar-refractivity contribution >= 4 is 55.9 Å². The number of nitrogens with one attached hydrogen (secondary N) is 2. The Balaban J connectivity index is 2.59. The van der Waals surface area contributed by atoms with Crippen LogP contribution in [0.2, 0.25) is 0 Å². The molecule has 1 heterocycles. The van der Waals surface area contributed by atoms with Gasteiger partial charge in [-0.05, 0) is 6.07 Å². The molecule has 0 aromatic carbocycles. The van der Waals surface area contributed by atoms with Crippen molar-refractivity contribution in [3.05, 3.63) is 27.1 Å². The zero-order valence-corrected chi connectivity index (χ0v) is 15.3. The van der Waals surface area contributed by atoms with Crippen molar-refractivity contribution in [3.63, 3.8) is 0 Å². The molecule has 0 amide bonds. The molecule has 2 N–H and O–H groups in total. The van der Waals surface area contributed by atoms with Gasteiger partial charge >= 0.3 is 12.7 Å². The zero-order chi connectivity index (χ0) is 15.0. The largest absolute Gasteiger partial charge is 0.341 e. The second kappa shape index (κ2) is 9.24. The van der Waals surface area contributed by atoms with Gasteiger partial charge in [0.15, 0.2) is 0 Å². The molecule has 1 rings (SSSR count). The Hall–Kier alpha value is 0.170. The third kappa shape index (κ3) is 6.30. The van der Waals surface area contributed by atoms with Crippen molar-refractivity contribution < 1.29 is 14.0 Å². The fourth-order valence-corrected chi connectivity index (χ4v) is 4.48. The molecule has 0 radical (unpaired) electrons. The summed E-state index contributed by atoms with van der Waals surface area (Å²) in [6, 6.07) is 3.01. The third-order valence-corrected chi connectivity index (χ3v) is 5.62. The van der Waals surface area contributed by atoms with Crippen LogP contribution in [0.1, 0.15) is 4.88 Å². The number of alkyl halides is 2. The second-order valence-corrected chi connectivity index (χ2v) is 8.24. The van der Waals surface area contributed by atoms with Gasteiger partial charge in [0, 0.05) is 34.7 Å². The normalized spacial score (nSPS) is 11.7. The molecular formula is C9H14Br2N3O4PS. The molecule has 0 atom stereocenters. The van der Waals surface area contributed by atoms with Crippen molar-refractivity contribution in [2.75, 3.05) is 23.7 Å². The summed E-state index contributed by atoms with van der Waals surface area (Å²) < 4.78 is 17.8. The predicted octanol–water partition coefficient (Wildman–Crippen LogP) is 3.25. The van der Waals surface area contributed by atoms with Gasteiger partial charge in [0.25, 0.3) is 0 Å². The molecule has 7 nitrogen and oxygen atoms in total. The van der Waals surface area contributed by atoms with Crippen LogP contribution in [-0.2, 0) is 15.7 Å². The van der Waals surface area contributed by atoms with Crippen molar-refractivity contribution in [2.24, 2.45) is 0 Å². The van der Waals surface area contributed by atoms with E-state index >= 15 is 0 Å².